The third kappa shape index (κ3) is 9.41. The number of halogens is 3. The fourth-order valence-corrected chi connectivity index (χ4v) is 7.60. The monoisotopic (exact) mass is 790 g/mol. The summed E-state index contributed by atoms with van der Waals surface area (Å²) >= 11 is 6.21. The Morgan fingerprint density at radius 1 is 0.648 bits per heavy atom. The molecule has 0 saturated heterocycles. The summed E-state index contributed by atoms with van der Waals surface area (Å²) in [7, 11) is -2.52. The Balaban J connectivity index is 0.000000208. The van der Waals surface area contributed by atoms with Gasteiger partial charge in [-0.15, -0.1) is 0 Å². The number of pyridine rings is 4. The maximum absolute atomic E-state index is 14.2. The van der Waals surface area contributed by atoms with Crippen molar-refractivity contribution in [3.05, 3.63) is 119 Å². The lowest BCUT2D eigenvalue weighted by Crippen LogP contribution is -2.35. The molecule has 0 bridgehead atoms. The highest BCUT2D eigenvalue weighted by Crippen LogP contribution is 2.37. The summed E-state index contributed by atoms with van der Waals surface area (Å²) < 4.78 is 58.9. The van der Waals surface area contributed by atoms with Crippen LogP contribution in [0.15, 0.2) is 85.5 Å². The fraction of sp³-hybridized carbons (Fsp3) is 0.317. The molecule has 0 aliphatic heterocycles. The molecule has 4 atom stereocenters. The lowest BCUT2D eigenvalue weighted by atomic mass is 9.95. The average Bonchev–Trinajstić information content (AvgIpc) is 3.10. The van der Waals surface area contributed by atoms with Gasteiger partial charge in [-0.25, -0.2) is 26.6 Å². The smallest absolute Gasteiger partial charge is 0.125 e. The van der Waals surface area contributed by atoms with E-state index < -0.39 is 37.3 Å². The van der Waals surface area contributed by atoms with Crippen LogP contribution in [-0.4, -0.2) is 37.8 Å². The molecule has 4 unspecified atom stereocenters. The van der Waals surface area contributed by atoms with Gasteiger partial charge in [0.2, 0.25) is 0 Å². The van der Waals surface area contributed by atoms with Crippen molar-refractivity contribution in [1.82, 2.24) is 29.4 Å². The Kier molecular flexibility index (Phi) is 12.7. The van der Waals surface area contributed by atoms with Crippen LogP contribution in [0.5, 0.6) is 0 Å². The molecule has 8 nitrogen and oxygen atoms in total. The Bertz CT molecular complexity index is 2170. The third-order valence-corrected chi connectivity index (χ3v) is 12.2. The quantitative estimate of drug-likeness (QED) is 0.159. The minimum Gasteiger partial charge on any atom is -0.256 e. The molecular weight excluding hydrogens is 746 g/mol. The van der Waals surface area contributed by atoms with Gasteiger partial charge < -0.3 is 0 Å². The SMILES string of the molecule is CC(NS(=O)C(C)(C)C)c1cnc2c(Cl)cc(F)cc2c1-c1ccccn1.Cc1cc(F)cc2c(-c3ccccn3)c(C(C)NS(=O)C(C)(C)C)cnc12. The van der Waals surface area contributed by atoms with Crippen LogP contribution in [0.2, 0.25) is 5.02 Å². The van der Waals surface area contributed by atoms with Crippen molar-refractivity contribution in [3.63, 3.8) is 0 Å². The van der Waals surface area contributed by atoms with Gasteiger partial charge in [0.1, 0.15) is 11.6 Å². The second kappa shape index (κ2) is 16.7. The maximum Gasteiger partial charge on any atom is 0.125 e. The zero-order valence-corrected chi connectivity index (χ0v) is 34.2. The highest BCUT2D eigenvalue weighted by atomic mass is 35.5. The van der Waals surface area contributed by atoms with Crippen LogP contribution in [0, 0.1) is 18.6 Å². The number of aryl methyl sites for hydroxylation is 1. The van der Waals surface area contributed by atoms with Gasteiger partial charge in [-0.3, -0.25) is 19.9 Å². The molecule has 6 aromatic rings. The molecule has 13 heteroatoms. The molecule has 0 fully saturated rings. The van der Waals surface area contributed by atoms with E-state index in [0.29, 0.717) is 22.0 Å². The lowest BCUT2D eigenvalue weighted by molar-refractivity contribution is 0.615. The molecule has 4 heterocycles. The summed E-state index contributed by atoms with van der Waals surface area (Å²) in [6, 6.07) is 16.3. The van der Waals surface area contributed by atoms with Crippen LogP contribution < -0.4 is 9.44 Å². The highest BCUT2D eigenvalue weighted by molar-refractivity contribution is 7.84. The number of aromatic nitrogens is 4. The topological polar surface area (TPSA) is 110 Å². The second-order valence-electron chi connectivity index (χ2n) is 15.0. The molecule has 0 spiro atoms. The molecule has 2 N–H and O–H groups in total. The molecule has 0 radical (unpaired) electrons. The van der Waals surface area contributed by atoms with Gasteiger partial charge in [-0.05, 0) is 128 Å². The van der Waals surface area contributed by atoms with Gasteiger partial charge in [0.15, 0.2) is 0 Å². The number of hydrogen-bond acceptors (Lipinski definition) is 6. The van der Waals surface area contributed by atoms with Crippen LogP contribution in [0.25, 0.3) is 44.3 Å². The summed E-state index contributed by atoms with van der Waals surface area (Å²) in [6.45, 7) is 17.1. The fourth-order valence-electron chi connectivity index (χ4n) is 5.74. The summed E-state index contributed by atoms with van der Waals surface area (Å²) in [5, 5.41) is 1.53. The lowest BCUT2D eigenvalue weighted by Gasteiger charge is -2.24. The Labute approximate surface area is 325 Å². The molecule has 0 aliphatic carbocycles. The van der Waals surface area contributed by atoms with Crippen molar-refractivity contribution in [2.45, 2.75) is 83.9 Å². The summed E-state index contributed by atoms with van der Waals surface area (Å²) in [5.41, 5.74) is 6.59. The van der Waals surface area contributed by atoms with E-state index in [1.807, 2.05) is 98.7 Å². The Morgan fingerprint density at radius 2 is 1.07 bits per heavy atom. The van der Waals surface area contributed by atoms with Gasteiger partial charge in [-0.2, -0.15) is 0 Å². The van der Waals surface area contributed by atoms with E-state index in [-0.39, 0.29) is 22.9 Å². The van der Waals surface area contributed by atoms with E-state index in [1.54, 1.807) is 24.8 Å². The van der Waals surface area contributed by atoms with Gasteiger partial charge in [-0.1, -0.05) is 23.7 Å². The number of nitrogens with zero attached hydrogens (tertiary/aromatic N) is 4. The largest absolute Gasteiger partial charge is 0.256 e. The van der Waals surface area contributed by atoms with Crippen molar-refractivity contribution < 1.29 is 17.2 Å². The zero-order valence-electron chi connectivity index (χ0n) is 31.8. The van der Waals surface area contributed by atoms with Crippen LogP contribution in [0.4, 0.5) is 8.78 Å². The summed E-state index contributed by atoms with van der Waals surface area (Å²) in [5.74, 6) is -0.752. The zero-order chi connectivity index (χ0) is 39.5. The molecule has 0 aliphatic rings. The number of fused-ring (bicyclic) bond motifs is 2. The van der Waals surface area contributed by atoms with Gasteiger partial charge in [0, 0.05) is 58.8 Å². The minimum absolute atomic E-state index is 0.243. The number of nitrogens with one attached hydrogen (secondary N) is 2. The van der Waals surface area contributed by atoms with Crippen LogP contribution in [-0.2, 0) is 22.0 Å². The molecule has 0 saturated carbocycles. The average molecular weight is 791 g/mol. The Hall–Kier alpha value is -4.07. The van der Waals surface area contributed by atoms with Crippen molar-refractivity contribution >= 4 is 55.4 Å². The van der Waals surface area contributed by atoms with E-state index in [9.17, 15) is 17.2 Å². The molecule has 2 aromatic carbocycles. The van der Waals surface area contributed by atoms with E-state index in [2.05, 4.69) is 29.4 Å². The van der Waals surface area contributed by atoms with E-state index >= 15 is 0 Å². The first kappa shape index (κ1) is 41.1. The van der Waals surface area contributed by atoms with Crippen LogP contribution in [0.3, 0.4) is 0 Å². The first-order chi connectivity index (χ1) is 25.4. The van der Waals surface area contributed by atoms with E-state index in [0.717, 1.165) is 39.0 Å². The first-order valence-corrected chi connectivity index (χ1v) is 20.1. The van der Waals surface area contributed by atoms with E-state index in [4.69, 9.17) is 11.6 Å². The van der Waals surface area contributed by atoms with E-state index in [1.165, 1.54) is 24.3 Å². The second-order valence-corrected chi connectivity index (χ2v) is 19.4. The number of rotatable bonds is 8. The predicted molar refractivity (Wildman–Crippen MR) is 219 cm³/mol. The summed E-state index contributed by atoms with van der Waals surface area (Å²) in [4.78, 5) is 17.9. The van der Waals surface area contributed by atoms with Gasteiger partial charge in [0.05, 0.1) is 58.9 Å². The maximum atomic E-state index is 14.2. The van der Waals surface area contributed by atoms with Crippen LogP contribution >= 0.6 is 11.6 Å². The standard InChI is InChI=1S/C21H24FN3OS.C20H21ClFN3OS/c1-13-10-15(22)11-16-19(18-8-6-7-9-23-18)17(12-24-20(13)16)14(2)25-27(26)21(3,4)5;1-12(25-27(26)20(2,3)4)15-11-24-19-14(9-13(22)10-16(19)21)18(15)17-7-5-6-8-23-17/h6-12,14,25H,1-5H3;5-12,25H,1-4H3. The van der Waals surface area contributed by atoms with Crippen molar-refractivity contribution in [2.75, 3.05) is 0 Å². The van der Waals surface area contributed by atoms with Crippen LogP contribution in [0.1, 0.15) is 84.2 Å². The van der Waals surface area contributed by atoms with Gasteiger partial charge in [0.25, 0.3) is 0 Å². The first-order valence-electron chi connectivity index (χ1n) is 17.4. The Morgan fingerprint density at radius 3 is 1.50 bits per heavy atom. The molecule has 54 heavy (non-hydrogen) atoms. The summed E-state index contributed by atoms with van der Waals surface area (Å²) in [6.07, 6.45) is 6.85. The molecule has 0 amide bonds. The normalized spacial score (nSPS) is 14.3. The van der Waals surface area contributed by atoms with Gasteiger partial charge >= 0.3 is 0 Å². The molecular formula is C41H45ClF2N6O2S2. The molecule has 6 rings (SSSR count). The number of benzene rings is 2. The molecule has 4 aromatic heterocycles. The number of hydrogen-bond donors (Lipinski definition) is 2. The van der Waals surface area contributed by atoms with Crippen molar-refractivity contribution in [3.8, 4) is 22.5 Å². The predicted octanol–water partition coefficient (Wildman–Crippen LogP) is 10.1. The third-order valence-electron chi connectivity index (χ3n) is 8.53. The van der Waals surface area contributed by atoms with Crippen molar-refractivity contribution in [1.29, 1.82) is 0 Å². The molecule has 284 valence electrons. The minimum atomic E-state index is -1.27. The highest BCUT2D eigenvalue weighted by Gasteiger charge is 2.26. The van der Waals surface area contributed by atoms with Crippen molar-refractivity contribution in [2.24, 2.45) is 0 Å².